The van der Waals surface area contributed by atoms with Crippen LogP contribution in [-0.4, -0.2) is 83.2 Å². The van der Waals surface area contributed by atoms with Crippen molar-refractivity contribution in [1.29, 1.82) is 0 Å². The Morgan fingerprint density at radius 1 is 1.00 bits per heavy atom. The Balaban J connectivity index is 1.56. The molecule has 8 nitrogen and oxygen atoms in total. The summed E-state index contributed by atoms with van der Waals surface area (Å²) in [5.74, 6) is -2.10. The van der Waals surface area contributed by atoms with E-state index < -0.39 is 29.6 Å². The average molecular weight is 480 g/mol. The van der Waals surface area contributed by atoms with Crippen molar-refractivity contribution in [1.82, 2.24) is 9.80 Å². The summed E-state index contributed by atoms with van der Waals surface area (Å²) in [5, 5.41) is 9.48. The highest BCUT2D eigenvalue weighted by Crippen LogP contribution is 2.53. The van der Waals surface area contributed by atoms with Crippen molar-refractivity contribution in [2.75, 3.05) is 37.7 Å². The second-order valence-corrected chi connectivity index (χ2v) is 9.70. The van der Waals surface area contributed by atoms with Gasteiger partial charge < -0.3 is 24.5 Å². The third-order valence-electron chi connectivity index (χ3n) is 7.65. The first kappa shape index (κ1) is 23.8. The second kappa shape index (κ2) is 9.59. The van der Waals surface area contributed by atoms with Gasteiger partial charge in [0.2, 0.25) is 17.7 Å². The van der Waals surface area contributed by atoms with Gasteiger partial charge in [-0.25, -0.2) is 0 Å². The highest BCUT2D eigenvalue weighted by Gasteiger charge is 2.71. The number of aliphatic hydroxyl groups is 1. The van der Waals surface area contributed by atoms with E-state index in [2.05, 4.69) is 6.92 Å². The molecule has 3 amide bonds. The van der Waals surface area contributed by atoms with E-state index in [1.54, 1.807) is 14.7 Å². The average Bonchev–Trinajstić information content (AvgIpc) is 3.18. The van der Waals surface area contributed by atoms with Gasteiger partial charge in [0.25, 0.3) is 0 Å². The van der Waals surface area contributed by atoms with Crippen LogP contribution in [0.15, 0.2) is 54.6 Å². The number of para-hydroxylation sites is 1. The number of rotatable bonds is 7. The maximum Gasteiger partial charge on any atom is 0.249 e. The molecule has 4 heterocycles. The highest BCUT2D eigenvalue weighted by molar-refractivity contribution is 6.03. The number of hydrogen-bond acceptors (Lipinski definition) is 5. The molecule has 0 radical (unpaired) electrons. The van der Waals surface area contributed by atoms with Crippen LogP contribution in [0.5, 0.6) is 0 Å². The van der Waals surface area contributed by atoms with Gasteiger partial charge in [0.1, 0.15) is 11.6 Å². The minimum absolute atomic E-state index is 0.0892. The zero-order valence-electron chi connectivity index (χ0n) is 20.1. The molecule has 0 aromatic heterocycles. The number of likely N-dealkylation sites (tertiary alicyclic amines) is 1. The van der Waals surface area contributed by atoms with Gasteiger partial charge in [-0.1, -0.05) is 55.8 Å². The fourth-order valence-electron chi connectivity index (χ4n) is 6.05. The van der Waals surface area contributed by atoms with E-state index in [0.717, 1.165) is 18.5 Å². The molecule has 5 rings (SSSR count). The van der Waals surface area contributed by atoms with Crippen LogP contribution in [0.3, 0.4) is 0 Å². The van der Waals surface area contributed by atoms with Crippen molar-refractivity contribution in [3.05, 3.63) is 54.6 Å². The Morgan fingerprint density at radius 3 is 2.54 bits per heavy atom. The molecule has 2 saturated heterocycles. The fraction of sp³-hybridized carbons (Fsp3) is 0.519. The van der Waals surface area contributed by atoms with E-state index in [1.807, 2.05) is 54.6 Å². The number of amides is 3. The number of carbonyl (C=O) groups excluding carboxylic acids is 3. The molecule has 0 aliphatic carbocycles. The molecular weight excluding hydrogens is 446 g/mol. The minimum Gasteiger partial charge on any atom is -0.396 e. The molecule has 2 fully saturated rings. The number of hydrogen-bond donors (Lipinski definition) is 1. The van der Waals surface area contributed by atoms with E-state index in [9.17, 15) is 19.5 Å². The van der Waals surface area contributed by atoms with E-state index in [-0.39, 0.29) is 30.9 Å². The number of benzene rings is 1. The SMILES string of the molecule is CCCCN1CC=C[C@]23O[C@@H]4C=CCN(c5ccccc5)C(=O)[C@@H]4[C@H]2C(=O)N(CCCO)C3C1=O. The molecule has 35 heavy (non-hydrogen) atoms. The summed E-state index contributed by atoms with van der Waals surface area (Å²) in [6.45, 7) is 3.68. The molecule has 1 spiro atoms. The lowest BCUT2D eigenvalue weighted by Crippen LogP contribution is -2.55. The van der Waals surface area contributed by atoms with Crippen molar-refractivity contribution in [3.63, 3.8) is 0 Å². The molecule has 4 aliphatic rings. The number of carbonyl (C=O) groups is 3. The monoisotopic (exact) mass is 479 g/mol. The fourth-order valence-corrected chi connectivity index (χ4v) is 6.05. The Hall–Kier alpha value is -2.97. The zero-order valence-corrected chi connectivity index (χ0v) is 20.1. The highest BCUT2D eigenvalue weighted by atomic mass is 16.5. The predicted octanol–water partition coefficient (Wildman–Crippen LogP) is 1.75. The largest absolute Gasteiger partial charge is 0.396 e. The summed E-state index contributed by atoms with van der Waals surface area (Å²) in [5.41, 5.74) is -0.444. The number of aliphatic hydroxyl groups excluding tert-OH is 1. The molecule has 0 saturated carbocycles. The van der Waals surface area contributed by atoms with Crippen LogP contribution < -0.4 is 4.90 Å². The van der Waals surface area contributed by atoms with Crippen LogP contribution in [0.1, 0.15) is 26.2 Å². The number of ether oxygens (including phenoxy) is 1. The zero-order chi connectivity index (χ0) is 24.6. The summed E-state index contributed by atoms with van der Waals surface area (Å²) in [7, 11) is 0. The van der Waals surface area contributed by atoms with Gasteiger partial charge in [-0.2, -0.15) is 0 Å². The molecule has 1 aromatic carbocycles. The van der Waals surface area contributed by atoms with Crippen LogP contribution in [0.2, 0.25) is 0 Å². The molecule has 1 unspecified atom stereocenters. The number of anilines is 1. The first-order valence-electron chi connectivity index (χ1n) is 12.6. The van der Waals surface area contributed by atoms with Crippen LogP contribution >= 0.6 is 0 Å². The quantitative estimate of drug-likeness (QED) is 0.602. The standard InChI is InChI=1S/C27H33N3O5/c1-2-3-14-28-15-8-13-27-22(25(33)30(17-9-18-31)23(27)26(28)34)21-20(35-27)12-7-16-29(24(21)32)19-10-5-4-6-11-19/h4-8,10-13,20-23,31H,2-3,9,14-18H2,1H3/t20-,21+,22+,23?,27+/m1/s1. The van der Waals surface area contributed by atoms with Crippen LogP contribution in [0.4, 0.5) is 5.69 Å². The lowest BCUT2D eigenvalue weighted by atomic mass is 9.77. The van der Waals surface area contributed by atoms with Crippen molar-refractivity contribution >= 4 is 23.4 Å². The van der Waals surface area contributed by atoms with E-state index in [4.69, 9.17) is 4.74 Å². The Kier molecular flexibility index (Phi) is 6.51. The number of nitrogens with zero attached hydrogens (tertiary/aromatic N) is 3. The van der Waals surface area contributed by atoms with Crippen LogP contribution in [-0.2, 0) is 19.1 Å². The Morgan fingerprint density at radius 2 is 1.80 bits per heavy atom. The van der Waals surface area contributed by atoms with Crippen molar-refractivity contribution in [2.45, 2.75) is 43.9 Å². The van der Waals surface area contributed by atoms with Crippen LogP contribution in [0.25, 0.3) is 0 Å². The third kappa shape index (κ3) is 3.79. The lowest BCUT2D eigenvalue weighted by molar-refractivity contribution is -0.147. The van der Waals surface area contributed by atoms with E-state index in [1.165, 1.54) is 0 Å². The van der Waals surface area contributed by atoms with Crippen molar-refractivity contribution in [2.24, 2.45) is 11.8 Å². The molecule has 4 aliphatic heterocycles. The molecule has 8 heteroatoms. The predicted molar refractivity (Wildman–Crippen MR) is 130 cm³/mol. The van der Waals surface area contributed by atoms with Crippen molar-refractivity contribution < 1.29 is 24.2 Å². The molecular formula is C27H33N3O5. The van der Waals surface area contributed by atoms with Crippen LogP contribution in [0, 0.1) is 11.8 Å². The number of fused-ring (bicyclic) bond motifs is 2. The first-order valence-corrected chi connectivity index (χ1v) is 12.6. The summed E-state index contributed by atoms with van der Waals surface area (Å²) < 4.78 is 6.61. The molecule has 1 N–H and O–H groups in total. The van der Waals surface area contributed by atoms with Gasteiger partial charge in [0.05, 0.1) is 17.9 Å². The second-order valence-electron chi connectivity index (χ2n) is 9.70. The molecule has 186 valence electrons. The maximum absolute atomic E-state index is 14.0. The maximum atomic E-state index is 14.0. The van der Waals surface area contributed by atoms with Gasteiger partial charge in [-0.15, -0.1) is 0 Å². The molecule has 5 atom stereocenters. The lowest BCUT2D eigenvalue weighted by Gasteiger charge is -2.35. The van der Waals surface area contributed by atoms with Gasteiger partial charge in [-0.05, 0) is 25.0 Å². The molecule has 0 bridgehead atoms. The van der Waals surface area contributed by atoms with E-state index >= 15 is 0 Å². The minimum atomic E-state index is -1.21. The van der Waals surface area contributed by atoms with Crippen molar-refractivity contribution in [3.8, 4) is 0 Å². The third-order valence-corrected chi connectivity index (χ3v) is 7.65. The topological polar surface area (TPSA) is 90.4 Å². The first-order chi connectivity index (χ1) is 17.0. The summed E-state index contributed by atoms with van der Waals surface area (Å²) in [4.78, 5) is 46.8. The number of unbranched alkanes of at least 4 members (excludes halogenated alkanes) is 1. The van der Waals surface area contributed by atoms with Gasteiger partial charge in [-0.3, -0.25) is 14.4 Å². The normalized spacial score (nSPS) is 31.9. The smallest absolute Gasteiger partial charge is 0.249 e. The summed E-state index contributed by atoms with van der Waals surface area (Å²) >= 11 is 0. The Labute approximate surface area is 205 Å². The summed E-state index contributed by atoms with van der Waals surface area (Å²) in [6, 6.07) is 8.57. The van der Waals surface area contributed by atoms with Gasteiger partial charge in [0, 0.05) is 38.5 Å². The van der Waals surface area contributed by atoms with E-state index in [0.29, 0.717) is 26.1 Å². The Bertz CT molecular complexity index is 1040. The van der Waals surface area contributed by atoms with Gasteiger partial charge in [0.15, 0.2) is 0 Å². The van der Waals surface area contributed by atoms with Gasteiger partial charge >= 0.3 is 0 Å². The summed E-state index contributed by atoms with van der Waals surface area (Å²) in [6.07, 6.45) is 9.15. The molecule has 1 aromatic rings.